The Morgan fingerprint density at radius 2 is 1.88 bits per heavy atom. The van der Waals surface area contributed by atoms with E-state index in [0.717, 1.165) is 36.3 Å². The molecule has 1 fully saturated rings. The van der Waals surface area contributed by atoms with E-state index in [2.05, 4.69) is 33.0 Å². The zero-order valence-electron chi connectivity index (χ0n) is 13.1. The average molecular weight is 355 g/mol. The van der Waals surface area contributed by atoms with Gasteiger partial charge in [0, 0.05) is 29.7 Å². The van der Waals surface area contributed by atoms with Crippen molar-refractivity contribution in [3.05, 3.63) is 59.7 Å². The van der Waals surface area contributed by atoms with Crippen LogP contribution in [0.4, 0.5) is 0 Å². The maximum atomic E-state index is 12.8. The number of carbonyl (C=O) groups is 1. The molecule has 2 heterocycles. The average Bonchev–Trinajstić information content (AvgIpc) is 2.96. The van der Waals surface area contributed by atoms with Gasteiger partial charge in [0.15, 0.2) is 0 Å². The number of benzene rings is 2. The van der Waals surface area contributed by atoms with Crippen molar-refractivity contribution in [2.75, 3.05) is 18.8 Å². The Bertz CT molecular complexity index is 850. The molecule has 122 valence electrons. The van der Waals surface area contributed by atoms with Crippen molar-refractivity contribution in [1.82, 2.24) is 13.6 Å². The van der Waals surface area contributed by atoms with Gasteiger partial charge in [0.25, 0.3) is 5.91 Å². The molecule has 4 nitrogen and oxygen atoms in total. The van der Waals surface area contributed by atoms with Gasteiger partial charge < -0.3 is 4.90 Å². The summed E-state index contributed by atoms with van der Waals surface area (Å²) in [5, 5.41) is 0.467. The number of aromatic nitrogens is 2. The molecule has 0 unspecified atom stereocenters. The Morgan fingerprint density at radius 1 is 1.04 bits per heavy atom. The fraction of sp³-hybridized carbons (Fsp3) is 0.278. The topological polar surface area (TPSA) is 46.1 Å². The van der Waals surface area contributed by atoms with Crippen molar-refractivity contribution in [2.45, 2.75) is 11.7 Å². The summed E-state index contributed by atoms with van der Waals surface area (Å²) in [4.78, 5) is 14.8. The fourth-order valence-electron chi connectivity index (χ4n) is 3.00. The van der Waals surface area contributed by atoms with Crippen molar-refractivity contribution in [3.63, 3.8) is 0 Å². The van der Waals surface area contributed by atoms with E-state index >= 15 is 0 Å². The molecule has 1 aliphatic heterocycles. The third-order valence-electron chi connectivity index (χ3n) is 4.30. The van der Waals surface area contributed by atoms with Gasteiger partial charge in [0.1, 0.15) is 11.0 Å². The van der Waals surface area contributed by atoms with Crippen LogP contribution in [0.3, 0.4) is 0 Å². The van der Waals surface area contributed by atoms with Crippen LogP contribution < -0.4 is 0 Å². The Balaban J connectivity index is 1.49. The van der Waals surface area contributed by atoms with Gasteiger partial charge in [0.2, 0.25) is 0 Å². The Hall–Kier alpha value is -1.92. The van der Waals surface area contributed by atoms with Gasteiger partial charge in [-0.25, -0.2) is 0 Å². The molecule has 1 aromatic heterocycles. The molecule has 1 saturated heterocycles. The van der Waals surface area contributed by atoms with E-state index in [1.807, 2.05) is 40.9 Å². The second-order valence-corrected chi connectivity index (χ2v) is 7.66. The molecule has 0 saturated carbocycles. The van der Waals surface area contributed by atoms with Crippen molar-refractivity contribution in [2.24, 2.45) is 0 Å². The number of carbonyl (C=O) groups excluding carboxylic acids is 1. The second kappa shape index (κ2) is 6.91. The van der Waals surface area contributed by atoms with E-state index < -0.39 is 0 Å². The molecule has 1 atom stereocenters. The summed E-state index contributed by atoms with van der Waals surface area (Å²) in [5.74, 6) is 1.06. The molecular formula is C18H17N3OS2. The first-order valence-corrected chi connectivity index (χ1v) is 9.77. The van der Waals surface area contributed by atoms with Crippen LogP contribution in [0.15, 0.2) is 48.5 Å². The zero-order chi connectivity index (χ0) is 16.4. The van der Waals surface area contributed by atoms with Crippen molar-refractivity contribution >= 4 is 40.4 Å². The first-order valence-electron chi connectivity index (χ1n) is 7.99. The zero-order valence-corrected chi connectivity index (χ0v) is 14.7. The van der Waals surface area contributed by atoms with Crippen LogP contribution in [-0.2, 0) is 0 Å². The van der Waals surface area contributed by atoms with E-state index in [9.17, 15) is 4.79 Å². The molecule has 0 spiro atoms. The molecule has 3 aromatic rings. The number of fused-ring (bicyclic) bond motifs is 1. The summed E-state index contributed by atoms with van der Waals surface area (Å²) in [6.45, 7) is 1.58. The molecule has 0 N–H and O–H groups in total. The number of amides is 1. The van der Waals surface area contributed by atoms with Gasteiger partial charge in [-0.15, -0.1) is 0 Å². The summed E-state index contributed by atoms with van der Waals surface area (Å²) in [5.41, 5.74) is 3.72. The van der Waals surface area contributed by atoms with Crippen LogP contribution in [0.1, 0.15) is 27.6 Å². The Kier molecular flexibility index (Phi) is 4.49. The highest BCUT2D eigenvalue weighted by Gasteiger charge is 2.23. The third kappa shape index (κ3) is 3.16. The van der Waals surface area contributed by atoms with Gasteiger partial charge in [-0.05, 0) is 30.2 Å². The van der Waals surface area contributed by atoms with E-state index in [1.165, 1.54) is 17.3 Å². The molecule has 6 heteroatoms. The van der Waals surface area contributed by atoms with Crippen LogP contribution in [0.25, 0.3) is 11.0 Å². The predicted octanol–water partition coefficient (Wildman–Crippen LogP) is 4.01. The second-order valence-electron chi connectivity index (χ2n) is 5.82. The summed E-state index contributed by atoms with van der Waals surface area (Å²) < 4.78 is 8.43. The van der Waals surface area contributed by atoms with Crippen molar-refractivity contribution in [1.29, 1.82) is 0 Å². The van der Waals surface area contributed by atoms with Crippen LogP contribution in [-0.4, -0.2) is 38.4 Å². The molecule has 4 rings (SSSR count). The smallest absolute Gasteiger partial charge is 0.253 e. The van der Waals surface area contributed by atoms with E-state index in [4.69, 9.17) is 0 Å². The number of hydrogen-bond donors (Lipinski definition) is 0. The summed E-state index contributed by atoms with van der Waals surface area (Å²) in [6, 6.07) is 16.2. The highest BCUT2D eigenvalue weighted by molar-refractivity contribution is 7.99. The minimum absolute atomic E-state index is 0.0965. The van der Waals surface area contributed by atoms with Crippen LogP contribution in [0.5, 0.6) is 0 Å². The number of hydrogen-bond acceptors (Lipinski definition) is 5. The highest BCUT2D eigenvalue weighted by atomic mass is 32.2. The lowest BCUT2D eigenvalue weighted by Crippen LogP contribution is -2.32. The quantitative estimate of drug-likeness (QED) is 0.697. The minimum Gasteiger partial charge on any atom is -0.338 e. The lowest BCUT2D eigenvalue weighted by Gasteiger charge is -2.20. The molecule has 0 aliphatic carbocycles. The maximum Gasteiger partial charge on any atom is 0.253 e. The highest BCUT2D eigenvalue weighted by Crippen LogP contribution is 2.34. The molecule has 2 aromatic carbocycles. The lowest BCUT2D eigenvalue weighted by atomic mass is 10.1. The van der Waals surface area contributed by atoms with Gasteiger partial charge >= 0.3 is 0 Å². The normalized spacial score (nSPS) is 18.5. The van der Waals surface area contributed by atoms with Crippen LogP contribution in [0, 0.1) is 0 Å². The summed E-state index contributed by atoms with van der Waals surface area (Å²) >= 11 is 3.12. The number of thioether (sulfide) groups is 1. The van der Waals surface area contributed by atoms with Crippen molar-refractivity contribution < 1.29 is 4.79 Å². The number of rotatable bonds is 2. The van der Waals surface area contributed by atoms with Gasteiger partial charge in [-0.2, -0.15) is 20.5 Å². The lowest BCUT2D eigenvalue weighted by molar-refractivity contribution is 0.0766. The molecule has 24 heavy (non-hydrogen) atoms. The number of nitrogens with zero attached hydrogens (tertiary/aromatic N) is 3. The predicted molar refractivity (Wildman–Crippen MR) is 99.6 cm³/mol. The molecule has 0 bridgehead atoms. The molecule has 1 aliphatic rings. The van der Waals surface area contributed by atoms with E-state index in [-0.39, 0.29) is 5.91 Å². The van der Waals surface area contributed by atoms with Gasteiger partial charge in [0.05, 0.1) is 11.7 Å². The molecule has 1 amide bonds. The van der Waals surface area contributed by atoms with Gasteiger partial charge in [-0.3, -0.25) is 4.79 Å². The monoisotopic (exact) mass is 355 g/mol. The first-order chi connectivity index (χ1) is 11.8. The van der Waals surface area contributed by atoms with Crippen molar-refractivity contribution in [3.8, 4) is 0 Å². The standard InChI is InChI=1S/C18H17N3OS2/c22-18(14-6-7-15-16(12-14)20-24-19-15)21-9-8-17(23-11-10-21)13-4-2-1-3-5-13/h1-7,12,17H,8-11H2/t17-/m1/s1. The summed E-state index contributed by atoms with van der Waals surface area (Å²) in [7, 11) is 0. The fourth-order valence-corrected chi connectivity index (χ4v) is 4.75. The van der Waals surface area contributed by atoms with Crippen LogP contribution >= 0.6 is 23.5 Å². The Morgan fingerprint density at radius 3 is 2.75 bits per heavy atom. The van der Waals surface area contributed by atoms with Crippen LogP contribution in [0.2, 0.25) is 0 Å². The SMILES string of the molecule is O=C(c1ccc2nsnc2c1)N1CCS[C@@H](c2ccccc2)CC1. The van der Waals surface area contributed by atoms with E-state index in [0.29, 0.717) is 10.8 Å². The summed E-state index contributed by atoms with van der Waals surface area (Å²) in [6.07, 6.45) is 0.987. The largest absolute Gasteiger partial charge is 0.338 e. The minimum atomic E-state index is 0.0965. The van der Waals surface area contributed by atoms with Gasteiger partial charge in [-0.1, -0.05) is 30.3 Å². The Labute approximate surface area is 149 Å². The van der Waals surface area contributed by atoms with E-state index in [1.54, 1.807) is 0 Å². The maximum absolute atomic E-state index is 12.8. The molecule has 0 radical (unpaired) electrons. The first kappa shape index (κ1) is 15.6. The molecular weight excluding hydrogens is 338 g/mol. The third-order valence-corrected chi connectivity index (χ3v) is 6.19.